The van der Waals surface area contributed by atoms with E-state index in [-0.39, 0.29) is 11.8 Å². The van der Waals surface area contributed by atoms with Crippen LogP contribution < -0.4 is 5.73 Å². The van der Waals surface area contributed by atoms with Crippen LogP contribution in [0.15, 0.2) is 0 Å². The van der Waals surface area contributed by atoms with Gasteiger partial charge < -0.3 is 10.6 Å². The largest absolute Gasteiger partial charge is 0.320 e. The molecule has 1 aliphatic rings. The SMILES string of the molecule is CON(C)C(=O)C(N)C1CCN(C)CC1. The topological polar surface area (TPSA) is 58.8 Å². The van der Waals surface area contributed by atoms with Crippen molar-refractivity contribution in [3.05, 3.63) is 0 Å². The van der Waals surface area contributed by atoms with Crippen LogP contribution in [-0.2, 0) is 9.63 Å². The van der Waals surface area contributed by atoms with Crippen LogP contribution in [-0.4, -0.2) is 56.2 Å². The summed E-state index contributed by atoms with van der Waals surface area (Å²) in [5.74, 6) is 0.151. The van der Waals surface area contributed by atoms with Crippen molar-refractivity contribution >= 4 is 5.91 Å². The Balaban J connectivity index is 2.46. The standard InChI is InChI=1S/C10H21N3O2/c1-12-6-4-8(5-7-12)9(11)10(14)13(2)15-3/h8-9H,4-7,11H2,1-3H3. The Morgan fingerprint density at radius 2 is 2.07 bits per heavy atom. The van der Waals surface area contributed by atoms with Crippen molar-refractivity contribution in [3.63, 3.8) is 0 Å². The van der Waals surface area contributed by atoms with Crippen molar-refractivity contribution in [2.24, 2.45) is 11.7 Å². The fourth-order valence-corrected chi connectivity index (χ4v) is 1.89. The summed E-state index contributed by atoms with van der Waals surface area (Å²) in [6, 6.07) is -0.427. The van der Waals surface area contributed by atoms with Crippen LogP contribution in [0.5, 0.6) is 0 Å². The quantitative estimate of drug-likeness (QED) is 0.655. The molecule has 1 amide bonds. The van der Waals surface area contributed by atoms with Crippen molar-refractivity contribution in [2.45, 2.75) is 18.9 Å². The van der Waals surface area contributed by atoms with Gasteiger partial charge in [0.2, 0.25) is 0 Å². The molecule has 2 N–H and O–H groups in total. The molecule has 88 valence electrons. The lowest BCUT2D eigenvalue weighted by atomic mass is 9.89. The lowest BCUT2D eigenvalue weighted by molar-refractivity contribution is -0.171. The van der Waals surface area contributed by atoms with E-state index in [1.165, 1.54) is 12.2 Å². The average Bonchev–Trinajstić information content (AvgIpc) is 2.27. The van der Waals surface area contributed by atoms with Crippen LogP contribution in [0.4, 0.5) is 0 Å². The molecular weight excluding hydrogens is 194 g/mol. The molecule has 0 radical (unpaired) electrons. The van der Waals surface area contributed by atoms with Crippen molar-refractivity contribution in [2.75, 3.05) is 34.3 Å². The summed E-state index contributed by atoms with van der Waals surface area (Å²) < 4.78 is 0. The van der Waals surface area contributed by atoms with E-state index >= 15 is 0 Å². The van der Waals surface area contributed by atoms with Gasteiger partial charge in [-0.1, -0.05) is 0 Å². The zero-order valence-electron chi connectivity index (χ0n) is 9.77. The molecule has 0 aliphatic carbocycles. The highest BCUT2D eigenvalue weighted by Gasteiger charge is 2.29. The summed E-state index contributed by atoms with van der Waals surface area (Å²) in [6.45, 7) is 2.03. The molecule has 0 saturated carbocycles. The number of carbonyl (C=O) groups is 1. The van der Waals surface area contributed by atoms with E-state index in [2.05, 4.69) is 11.9 Å². The van der Waals surface area contributed by atoms with Gasteiger partial charge in [0.1, 0.15) is 0 Å². The summed E-state index contributed by atoms with van der Waals surface area (Å²) in [7, 11) is 5.15. The van der Waals surface area contributed by atoms with Crippen LogP contribution in [0, 0.1) is 5.92 Å². The summed E-state index contributed by atoms with van der Waals surface area (Å²) in [5, 5.41) is 1.21. The molecule has 0 spiro atoms. The summed E-state index contributed by atoms with van der Waals surface area (Å²) in [4.78, 5) is 18.8. The van der Waals surface area contributed by atoms with E-state index in [1.54, 1.807) is 7.05 Å². The van der Waals surface area contributed by atoms with Gasteiger partial charge in [-0.05, 0) is 38.9 Å². The number of nitrogens with two attached hydrogens (primary N) is 1. The average molecular weight is 215 g/mol. The summed E-state index contributed by atoms with van der Waals surface area (Å²) in [5.41, 5.74) is 5.92. The maximum Gasteiger partial charge on any atom is 0.263 e. The number of likely N-dealkylation sites (tertiary alicyclic amines) is 1. The number of hydrogen-bond donors (Lipinski definition) is 1. The third kappa shape index (κ3) is 3.15. The molecular formula is C10H21N3O2. The van der Waals surface area contributed by atoms with E-state index in [9.17, 15) is 4.79 Å². The highest BCUT2D eigenvalue weighted by molar-refractivity contribution is 5.80. The first-order valence-corrected chi connectivity index (χ1v) is 5.32. The first kappa shape index (κ1) is 12.4. The summed E-state index contributed by atoms with van der Waals surface area (Å²) >= 11 is 0. The first-order valence-electron chi connectivity index (χ1n) is 5.32. The zero-order valence-corrected chi connectivity index (χ0v) is 9.77. The third-order valence-electron chi connectivity index (χ3n) is 3.14. The number of amides is 1. The minimum absolute atomic E-state index is 0.132. The van der Waals surface area contributed by atoms with Gasteiger partial charge in [-0.2, -0.15) is 0 Å². The molecule has 5 heteroatoms. The fourth-order valence-electron chi connectivity index (χ4n) is 1.89. The zero-order chi connectivity index (χ0) is 11.4. The van der Waals surface area contributed by atoms with Crippen LogP contribution in [0.2, 0.25) is 0 Å². The first-order chi connectivity index (χ1) is 7.06. The van der Waals surface area contributed by atoms with Gasteiger partial charge >= 0.3 is 0 Å². The fraction of sp³-hybridized carbons (Fsp3) is 0.900. The Kier molecular flexibility index (Phi) is 4.50. The number of carbonyl (C=O) groups excluding carboxylic acids is 1. The number of likely N-dealkylation sites (N-methyl/N-ethyl adjacent to an activating group) is 1. The van der Waals surface area contributed by atoms with Crippen molar-refractivity contribution < 1.29 is 9.63 Å². The molecule has 15 heavy (non-hydrogen) atoms. The molecule has 0 bridgehead atoms. The lowest BCUT2D eigenvalue weighted by Gasteiger charge is -2.32. The number of nitrogens with zero attached hydrogens (tertiary/aromatic N) is 2. The van der Waals surface area contributed by atoms with Crippen molar-refractivity contribution in [1.29, 1.82) is 0 Å². The number of rotatable bonds is 3. The van der Waals surface area contributed by atoms with E-state index in [0.717, 1.165) is 25.9 Å². The van der Waals surface area contributed by atoms with Gasteiger partial charge in [-0.15, -0.1) is 0 Å². The highest BCUT2D eigenvalue weighted by atomic mass is 16.7. The Hall–Kier alpha value is -0.650. The normalized spacial score (nSPS) is 21.3. The Bertz CT molecular complexity index is 215. The summed E-state index contributed by atoms with van der Waals surface area (Å²) in [6.07, 6.45) is 1.97. The van der Waals surface area contributed by atoms with Gasteiger partial charge in [0, 0.05) is 7.05 Å². The van der Waals surface area contributed by atoms with Crippen LogP contribution in [0.1, 0.15) is 12.8 Å². The van der Waals surface area contributed by atoms with Gasteiger partial charge in [0.25, 0.3) is 5.91 Å². The smallest absolute Gasteiger partial charge is 0.263 e. The molecule has 1 unspecified atom stereocenters. The van der Waals surface area contributed by atoms with Crippen molar-refractivity contribution in [1.82, 2.24) is 9.96 Å². The molecule has 1 atom stereocenters. The van der Waals surface area contributed by atoms with Gasteiger partial charge in [-0.25, -0.2) is 5.06 Å². The van der Waals surface area contributed by atoms with Crippen LogP contribution in [0.3, 0.4) is 0 Å². The van der Waals surface area contributed by atoms with E-state index < -0.39 is 6.04 Å². The second-order valence-corrected chi connectivity index (χ2v) is 4.18. The van der Waals surface area contributed by atoms with Gasteiger partial charge in [0.05, 0.1) is 13.2 Å². The third-order valence-corrected chi connectivity index (χ3v) is 3.14. The lowest BCUT2D eigenvalue weighted by Crippen LogP contribution is -2.48. The molecule has 1 aliphatic heterocycles. The minimum Gasteiger partial charge on any atom is -0.320 e. The van der Waals surface area contributed by atoms with Crippen LogP contribution in [0.25, 0.3) is 0 Å². The van der Waals surface area contributed by atoms with Gasteiger partial charge in [0.15, 0.2) is 0 Å². The Morgan fingerprint density at radius 1 is 1.53 bits per heavy atom. The predicted octanol–water partition coefficient (Wildman–Crippen LogP) is -0.325. The Labute approximate surface area is 91.1 Å². The molecule has 1 saturated heterocycles. The van der Waals surface area contributed by atoms with Gasteiger partial charge in [-0.3, -0.25) is 9.63 Å². The minimum atomic E-state index is -0.427. The molecule has 0 aromatic carbocycles. The molecule has 1 heterocycles. The van der Waals surface area contributed by atoms with E-state index in [1.807, 2.05) is 0 Å². The molecule has 0 aromatic rings. The van der Waals surface area contributed by atoms with Crippen molar-refractivity contribution in [3.8, 4) is 0 Å². The second kappa shape index (κ2) is 5.44. The van der Waals surface area contributed by atoms with Crippen LogP contribution >= 0.6 is 0 Å². The molecule has 5 nitrogen and oxygen atoms in total. The predicted molar refractivity (Wildman–Crippen MR) is 58.0 cm³/mol. The van der Waals surface area contributed by atoms with E-state index in [0.29, 0.717) is 0 Å². The monoisotopic (exact) mass is 215 g/mol. The molecule has 0 aromatic heterocycles. The maximum atomic E-state index is 11.7. The number of hydrogen-bond acceptors (Lipinski definition) is 4. The maximum absolute atomic E-state index is 11.7. The molecule has 1 rings (SSSR count). The number of hydroxylamine groups is 2. The number of piperidine rings is 1. The second-order valence-electron chi connectivity index (χ2n) is 4.18. The van der Waals surface area contributed by atoms with E-state index in [4.69, 9.17) is 10.6 Å². The molecule has 1 fully saturated rings. The highest BCUT2D eigenvalue weighted by Crippen LogP contribution is 2.19. The Morgan fingerprint density at radius 3 is 2.53 bits per heavy atom.